The maximum absolute atomic E-state index is 12.7. The van der Waals surface area contributed by atoms with Gasteiger partial charge < -0.3 is 14.2 Å². The average molecular weight is 351 g/mol. The Labute approximate surface area is 151 Å². The average Bonchev–Trinajstić information content (AvgIpc) is 2.98. The number of aryl methyl sites for hydroxylation is 1. The summed E-state index contributed by atoms with van der Waals surface area (Å²) in [6.07, 6.45) is 0. The number of amides is 1. The molecule has 26 heavy (non-hydrogen) atoms. The number of hydrogen-bond donors (Lipinski definition) is 0. The first kappa shape index (κ1) is 16.4. The number of nitrogens with zero attached hydrogens (tertiary/aromatic N) is 3. The number of oxazole rings is 1. The molecule has 0 atom stereocenters. The van der Waals surface area contributed by atoms with Crippen LogP contribution >= 0.6 is 0 Å². The van der Waals surface area contributed by atoms with Crippen molar-refractivity contribution in [2.45, 2.75) is 13.5 Å². The van der Waals surface area contributed by atoms with Crippen molar-refractivity contribution in [1.82, 2.24) is 9.47 Å². The van der Waals surface area contributed by atoms with Gasteiger partial charge in [0.1, 0.15) is 6.54 Å². The molecule has 1 aromatic heterocycles. The highest BCUT2D eigenvalue weighted by atomic mass is 16.4. The number of fused-ring (bicyclic) bond motifs is 1. The molecule has 1 fully saturated rings. The third-order valence-corrected chi connectivity index (χ3v) is 4.96. The maximum Gasteiger partial charge on any atom is 0.420 e. The van der Waals surface area contributed by atoms with Gasteiger partial charge in [-0.2, -0.15) is 0 Å². The van der Waals surface area contributed by atoms with Crippen LogP contribution in [0.15, 0.2) is 57.7 Å². The minimum absolute atomic E-state index is 0.0141. The van der Waals surface area contributed by atoms with Gasteiger partial charge in [-0.1, -0.05) is 30.3 Å². The summed E-state index contributed by atoms with van der Waals surface area (Å²) in [6, 6.07) is 15.5. The summed E-state index contributed by atoms with van der Waals surface area (Å²) in [6.45, 7) is 4.99. The molecule has 6 nitrogen and oxygen atoms in total. The molecule has 2 aromatic carbocycles. The minimum atomic E-state index is -0.488. The van der Waals surface area contributed by atoms with E-state index in [0.29, 0.717) is 24.2 Å². The van der Waals surface area contributed by atoms with Crippen molar-refractivity contribution < 1.29 is 9.21 Å². The van der Waals surface area contributed by atoms with Crippen LogP contribution in [0.1, 0.15) is 5.56 Å². The SMILES string of the molecule is Cc1ccccc1N1CCN(C(=O)Cn2c(=O)oc3ccccc32)CC1. The summed E-state index contributed by atoms with van der Waals surface area (Å²) in [5.74, 6) is -0.541. The second-order valence-electron chi connectivity index (χ2n) is 6.58. The van der Waals surface area contributed by atoms with Crippen molar-refractivity contribution in [3.8, 4) is 0 Å². The van der Waals surface area contributed by atoms with Crippen molar-refractivity contribution in [2.75, 3.05) is 31.1 Å². The number of aromatic nitrogens is 1. The maximum atomic E-state index is 12.7. The van der Waals surface area contributed by atoms with Gasteiger partial charge in [0.15, 0.2) is 5.58 Å². The van der Waals surface area contributed by atoms with Gasteiger partial charge in [-0.05, 0) is 30.7 Å². The van der Waals surface area contributed by atoms with E-state index in [4.69, 9.17) is 4.42 Å². The molecule has 0 bridgehead atoms. The van der Waals surface area contributed by atoms with Crippen molar-refractivity contribution in [1.29, 1.82) is 0 Å². The molecule has 6 heteroatoms. The summed E-state index contributed by atoms with van der Waals surface area (Å²) in [5, 5.41) is 0. The molecule has 1 amide bonds. The van der Waals surface area contributed by atoms with Crippen molar-refractivity contribution >= 4 is 22.7 Å². The fraction of sp³-hybridized carbons (Fsp3) is 0.300. The van der Waals surface area contributed by atoms with E-state index in [1.165, 1.54) is 15.8 Å². The number of carbonyl (C=O) groups excluding carboxylic acids is 1. The summed E-state index contributed by atoms with van der Waals surface area (Å²) in [5.41, 5.74) is 3.62. The first-order valence-electron chi connectivity index (χ1n) is 8.80. The van der Waals surface area contributed by atoms with E-state index >= 15 is 0 Å². The molecule has 134 valence electrons. The highest BCUT2D eigenvalue weighted by molar-refractivity contribution is 5.80. The number of para-hydroxylation sites is 3. The van der Waals surface area contributed by atoms with E-state index in [1.807, 2.05) is 29.2 Å². The van der Waals surface area contributed by atoms with Crippen LogP contribution in [0.3, 0.4) is 0 Å². The van der Waals surface area contributed by atoms with E-state index in [0.717, 1.165) is 13.1 Å². The molecule has 2 heterocycles. The van der Waals surface area contributed by atoms with E-state index in [-0.39, 0.29) is 12.5 Å². The van der Waals surface area contributed by atoms with E-state index < -0.39 is 5.76 Å². The predicted octanol–water partition coefficient (Wildman–Crippen LogP) is 2.25. The first-order valence-corrected chi connectivity index (χ1v) is 8.80. The Bertz CT molecular complexity index is 997. The highest BCUT2D eigenvalue weighted by Gasteiger charge is 2.23. The number of carbonyl (C=O) groups is 1. The van der Waals surface area contributed by atoms with Crippen LogP contribution in [-0.2, 0) is 11.3 Å². The van der Waals surface area contributed by atoms with Crippen molar-refractivity contribution in [3.05, 3.63) is 64.6 Å². The van der Waals surface area contributed by atoms with Gasteiger partial charge in [0.25, 0.3) is 0 Å². The molecule has 0 radical (unpaired) electrons. The lowest BCUT2D eigenvalue weighted by Crippen LogP contribution is -2.50. The topological polar surface area (TPSA) is 58.7 Å². The number of anilines is 1. The standard InChI is InChI=1S/C20H21N3O3/c1-15-6-2-3-7-16(15)21-10-12-22(13-11-21)19(24)14-23-17-8-4-5-9-18(17)26-20(23)25/h2-9H,10-14H2,1H3. The van der Waals surface area contributed by atoms with Gasteiger partial charge in [0.05, 0.1) is 5.52 Å². The van der Waals surface area contributed by atoms with Gasteiger partial charge in [-0.3, -0.25) is 9.36 Å². The van der Waals surface area contributed by atoms with E-state index in [2.05, 4.69) is 24.0 Å². The van der Waals surface area contributed by atoms with Crippen molar-refractivity contribution in [3.63, 3.8) is 0 Å². The molecule has 3 aromatic rings. The van der Waals surface area contributed by atoms with Gasteiger partial charge in [-0.15, -0.1) is 0 Å². The number of piperazine rings is 1. The van der Waals surface area contributed by atoms with Crippen LogP contribution < -0.4 is 10.7 Å². The lowest BCUT2D eigenvalue weighted by atomic mass is 10.1. The second kappa shape index (κ2) is 6.71. The van der Waals surface area contributed by atoms with Crippen LogP contribution in [-0.4, -0.2) is 41.6 Å². The van der Waals surface area contributed by atoms with Crippen LogP contribution in [0.5, 0.6) is 0 Å². The molecule has 1 aliphatic heterocycles. The van der Waals surface area contributed by atoms with E-state index in [9.17, 15) is 9.59 Å². The fourth-order valence-electron chi connectivity index (χ4n) is 3.51. The molecular weight excluding hydrogens is 330 g/mol. The Kier molecular flexibility index (Phi) is 4.24. The monoisotopic (exact) mass is 351 g/mol. The largest absolute Gasteiger partial charge is 0.420 e. The molecule has 1 aliphatic rings. The summed E-state index contributed by atoms with van der Waals surface area (Å²) < 4.78 is 6.61. The van der Waals surface area contributed by atoms with Gasteiger partial charge in [0.2, 0.25) is 5.91 Å². The number of rotatable bonds is 3. The smallest absolute Gasteiger partial charge is 0.408 e. The molecule has 4 rings (SSSR count). The Morgan fingerprint density at radius 3 is 2.46 bits per heavy atom. The highest BCUT2D eigenvalue weighted by Crippen LogP contribution is 2.21. The predicted molar refractivity (Wildman–Crippen MR) is 100 cm³/mol. The van der Waals surface area contributed by atoms with E-state index in [1.54, 1.807) is 12.1 Å². The van der Waals surface area contributed by atoms with Crippen LogP contribution in [0.2, 0.25) is 0 Å². The Hall–Kier alpha value is -3.02. The molecule has 0 aliphatic carbocycles. The van der Waals surface area contributed by atoms with Gasteiger partial charge in [0, 0.05) is 31.9 Å². The summed E-state index contributed by atoms with van der Waals surface area (Å²) >= 11 is 0. The molecule has 0 N–H and O–H groups in total. The molecule has 0 spiro atoms. The zero-order valence-corrected chi connectivity index (χ0v) is 14.7. The lowest BCUT2D eigenvalue weighted by Gasteiger charge is -2.36. The third-order valence-electron chi connectivity index (χ3n) is 4.96. The first-order chi connectivity index (χ1) is 12.6. The molecule has 0 saturated carbocycles. The zero-order chi connectivity index (χ0) is 18.1. The Balaban J connectivity index is 1.45. The quantitative estimate of drug-likeness (QED) is 0.726. The summed E-state index contributed by atoms with van der Waals surface area (Å²) in [4.78, 5) is 28.9. The molecule has 1 saturated heterocycles. The Morgan fingerprint density at radius 2 is 1.69 bits per heavy atom. The van der Waals surface area contributed by atoms with Gasteiger partial charge in [-0.25, -0.2) is 4.79 Å². The molecular formula is C20H21N3O3. The van der Waals surface area contributed by atoms with Gasteiger partial charge >= 0.3 is 5.76 Å². The normalized spacial score (nSPS) is 14.8. The summed E-state index contributed by atoms with van der Waals surface area (Å²) in [7, 11) is 0. The van der Waals surface area contributed by atoms with Crippen LogP contribution in [0, 0.1) is 6.92 Å². The Morgan fingerprint density at radius 1 is 1.00 bits per heavy atom. The fourth-order valence-corrected chi connectivity index (χ4v) is 3.51. The zero-order valence-electron chi connectivity index (χ0n) is 14.7. The number of benzene rings is 2. The minimum Gasteiger partial charge on any atom is -0.408 e. The second-order valence-corrected chi connectivity index (χ2v) is 6.58. The number of hydrogen-bond acceptors (Lipinski definition) is 4. The lowest BCUT2D eigenvalue weighted by molar-refractivity contribution is -0.132. The van der Waals surface area contributed by atoms with Crippen LogP contribution in [0.25, 0.3) is 11.1 Å². The third kappa shape index (κ3) is 2.98. The van der Waals surface area contributed by atoms with Crippen LogP contribution in [0.4, 0.5) is 5.69 Å². The van der Waals surface area contributed by atoms with Crippen molar-refractivity contribution in [2.24, 2.45) is 0 Å². The molecule has 0 unspecified atom stereocenters.